The van der Waals surface area contributed by atoms with Crippen molar-refractivity contribution in [2.24, 2.45) is 0 Å². The van der Waals surface area contributed by atoms with Crippen molar-refractivity contribution in [1.29, 1.82) is 0 Å². The smallest absolute Gasteiger partial charge is 0.343 e. The molecule has 96 valence electrons. The molecule has 0 bridgehead atoms. The third kappa shape index (κ3) is 2.37. The van der Waals surface area contributed by atoms with Gasteiger partial charge in [-0.2, -0.15) is 0 Å². The number of anilines is 1. The lowest BCUT2D eigenvalue weighted by Crippen LogP contribution is -2.16. The molecule has 2 aromatic rings. The lowest BCUT2D eigenvalue weighted by Gasteiger charge is -2.06. The highest BCUT2D eigenvalue weighted by Gasteiger charge is 2.12. The number of hydrogen-bond acceptors (Lipinski definition) is 4. The second kappa shape index (κ2) is 5.03. The quantitative estimate of drug-likeness (QED) is 0.848. The maximum Gasteiger partial charge on any atom is 0.343 e. The van der Waals surface area contributed by atoms with Crippen LogP contribution in [0.1, 0.15) is 6.92 Å². The molecule has 18 heavy (non-hydrogen) atoms. The van der Waals surface area contributed by atoms with Crippen LogP contribution in [-0.4, -0.2) is 14.8 Å². The molecule has 0 radical (unpaired) electrons. The average molecular weight is 289 g/mol. The van der Waals surface area contributed by atoms with Crippen LogP contribution in [0.5, 0.6) is 0 Å². The van der Waals surface area contributed by atoms with E-state index in [1.807, 2.05) is 6.92 Å². The second-order valence-corrected chi connectivity index (χ2v) is 4.88. The number of aromatic amines is 1. The predicted molar refractivity (Wildman–Crippen MR) is 68.5 cm³/mol. The monoisotopic (exact) mass is 288 g/mol. The molecule has 0 aliphatic carbocycles. The van der Waals surface area contributed by atoms with Crippen LogP contribution < -0.4 is 11.4 Å². The van der Waals surface area contributed by atoms with Crippen molar-refractivity contribution < 1.29 is 4.39 Å². The van der Waals surface area contributed by atoms with Gasteiger partial charge in [-0.15, -0.1) is 5.10 Å². The number of H-pyrrole nitrogens is 1. The zero-order valence-electron chi connectivity index (χ0n) is 9.41. The van der Waals surface area contributed by atoms with E-state index in [1.165, 1.54) is 10.6 Å². The second-order valence-electron chi connectivity index (χ2n) is 3.46. The Morgan fingerprint density at radius 2 is 2.33 bits per heavy atom. The fraction of sp³-hybridized carbons (Fsp3) is 0.200. The Morgan fingerprint density at radius 3 is 3.00 bits per heavy atom. The van der Waals surface area contributed by atoms with Crippen molar-refractivity contribution in [2.45, 2.75) is 23.5 Å². The van der Waals surface area contributed by atoms with Gasteiger partial charge < -0.3 is 5.73 Å². The zero-order chi connectivity index (χ0) is 13.3. The molecule has 8 heteroatoms. The van der Waals surface area contributed by atoms with Crippen LogP contribution in [0.4, 0.5) is 10.1 Å². The molecule has 0 atom stereocenters. The number of nitrogen functional groups attached to an aromatic ring is 1. The standard InChI is InChI=1S/C10H10ClFN4OS/c1-2-16-9(17)14-15-10(16)18-8-3-5(11)6(12)4-7(8)13/h3-4H,2,13H2,1H3,(H,14,17). The fourth-order valence-electron chi connectivity index (χ4n) is 1.39. The van der Waals surface area contributed by atoms with E-state index in [2.05, 4.69) is 10.2 Å². The van der Waals surface area contributed by atoms with E-state index in [1.54, 1.807) is 0 Å². The van der Waals surface area contributed by atoms with Crippen LogP contribution >= 0.6 is 23.4 Å². The predicted octanol–water partition coefficient (Wildman–Crippen LogP) is 2.12. The summed E-state index contributed by atoms with van der Waals surface area (Å²) in [5.74, 6) is -0.576. The van der Waals surface area contributed by atoms with Crippen molar-refractivity contribution in [3.8, 4) is 0 Å². The van der Waals surface area contributed by atoms with Crippen molar-refractivity contribution in [3.05, 3.63) is 33.5 Å². The Balaban J connectivity index is 2.40. The molecule has 0 spiro atoms. The van der Waals surface area contributed by atoms with Gasteiger partial charge in [0, 0.05) is 17.1 Å². The summed E-state index contributed by atoms with van der Waals surface area (Å²) in [6, 6.07) is 2.56. The largest absolute Gasteiger partial charge is 0.398 e. The number of benzene rings is 1. The van der Waals surface area contributed by atoms with E-state index < -0.39 is 5.82 Å². The molecule has 5 nitrogen and oxygen atoms in total. The van der Waals surface area contributed by atoms with Crippen LogP contribution in [-0.2, 0) is 6.54 Å². The summed E-state index contributed by atoms with van der Waals surface area (Å²) in [7, 11) is 0. The minimum Gasteiger partial charge on any atom is -0.398 e. The maximum atomic E-state index is 13.1. The van der Waals surface area contributed by atoms with E-state index in [0.29, 0.717) is 16.6 Å². The van der Waals surface area contributed by atoms with Gasteiger partial charge in [0.2, 0.25) is 0 Å². The van der Waals surface area contributed by atoms with Crippen LogP contribution in [0.3, 0.4) is 0 Å². The lowest BCUT2D eigenvalue weighted by molar-refractivity contribution is 0.627. The molecule has 0 aliphatic heterocycles. The van der Waals surface area contributed by atoms with Gasteiger partial charge in [0.15, 0.2) is 5.16 Å². The van der Waals surface area contributed by atoms with Crippen molar-refractivity contribution in [3.63, 3.8) is 0 Å². The molecular formula is C10H10ClFN4OS. The molecule has 1 heterocycles. The third-order valence-corrected chi connectivity index (χ3v) is 3.65. The molecule has 3 N–H and O–H groups in total. The van der Waals surface area contributed by atoms with Crippen LogP contribution in [0, 0.1) is 5.82 Å². The number of rotatable bonds is 3. The topological polar surface area (TPSA) is 76.7 Å². The first-order valence-corrected chi connectivity index (χ1v) is 6.30. The van der Waals surface area contributed by atoms with Gasteiger partial charge in [-0.05, 0) is 30.8 Å². The number of halogens is 2. The van der Waals surface area contributed by atoms with Crippen molar-refractivity contribution in [2.75, 3.05) is 5.73 Å². The number of hydrogen-bond donors (Lipinski definition) is 2. The van der Waals surface area contributed by atoms with E-state index in [4.69, 9.17) is 17.3 Å². The van der Waals surface area contributed by atoms with Gasteiger partial charge in [0.25, 0.3) is 0 Å². The summed E-state index contributed by atoms with van der Waals surface area (Å²) in [5.41, 5.74) is 5.64. The number of nitrogens with two attached hydrogens (primary N) is 1. The highest BCUT2D eigenvalue weighted by atomic mass is 35.5. The highest BCUT2D eigenvalue weighted by molar-refractivity contribution is 7.99. The van der Waals surface area contributed by atoms with Crippen LogP contribution in [0.25, 0.3) is 0 Å². The third-order valence-electron chi connectivity index (χ3n) is 2.29. The molecule has 0 aliphatic rings. The molecule has 1 aromatic carbocycles. The Labute approximate surface area is 111 Å². The molecule has 0 saturated heterocycles. The highest BCUT2D eigenvalue weighted by Crippen LogP contribution is 2.33. The molecular weight excluding hydrogens is 279 g/mol. The van der Waals surface area contributed by atoms with Gasteiger partial charge >= 0.3 is 5.69 Å². The first-order chi connectivity index (χ1) is 8.52. The van der Waals surface area contributed by atoms with Gasteiger partial charge in [-0.1, -0.05) is 11.6 Å². The van der Waals surface area contributed by atoms with Crippen LogP contribution in [0.2, 0.25) is 5.02 Å². The SMILES string of the molecule is CCn1c(Sc2cc(Cl)c(F)cc2N)n[nH]c1=O. The Hall–Kier alpha value is -1.47. The minimum absolute atomic E-state index is 0.0207. The lowest BCUT2D eigenvalue weighted by atomic mass is 10.3. The number of nitrogens with zero attached hydrogens (tertiary/aromatic N) is 2. The number of aromatic nitrogens is 3. The molecule has 1 aromatic heterocycles. The van der Waals surface area contributed by atoms with Crippen molar-refractivity contribution in [1.82, 2.24) is 14.8 Å². The van der Waals surface area contributed by atoms with E-state index in [9.17, 15) is 9.18 Å². The zero-order valence-corrected chi connectivity index (χ0v) is 11.0. The minimum atomic E-state index is -0.576. The molecule has 2 rings (SSSR count). The summed E-state index contributed by atoms with van der Waals surface area (Å²) in [6.45, 7) is 2.30. The van der Waals surface area contributed by atoms with Gasteiger partial charge in [0.1, 0.15) is 5.82 Å². The summed E-state index contributed by atoms with van der Waals surface area (Å²) in [6.07, 6.45) is 0. The van der Waals surface area contributed by atoms with Crippen molar-refractivity contribution >= 4 is 29.1 Å². The van der Waals surface area contributed by atoms with E-state index in [-0.39, 0.29) is 16.4 Å². The summed E-state index contributed by atoms with van der Waals surface area (Å²) in [4.78, 5) is 11.9. The Kier molecular flexibility index (Phi) is 3.63. The molecule has 0 amide bonds. The molecule has 0 saturated carbocycles. The average Bonchev–Trinajstić information content (AvgIpc) is 2.67. The van der Waals surface area contributed by atoms with E-state index >= 15 is 0 Å². The summed E-state index contributed by atoms with van der Waals surface area (Å²) in [5, 5.41) is 6.65. The van der Waals surface area contributed by atoms with E-state index in [0.717, 1.165) is 17.8 Å². The first kappa shape index (κ1) is 13.0. The molecule has 0 fully saturated rings. The Morgan fingerprint density at radius 1 is 1.61 bits per heavy atom. The Bertz CT molecular complexity index is 639. The first-order valence-electron chi connectivity index (χ1n) is 5.10. The van der Waals surface area contributed by atoms with Gasteiger partial charge in [-0.3, -0.25) is 4.57 Å². The summed E-state index contributed by atoms with van der Waals surface area (Å²) >= 11 is 6.84. The fourth-order valence-corrected chi connectivity index (χ4v) is 2.58. The summed E-state index contributed by atoms with van der Waals surface area (Å²) < 4.78 is 14.6. The number of nitrogens with one attached hydrogen (secondary N) is 1. The van der Waals surface area contributed by atoms with Gasteiger partial charge in [0.05, 0.1) is 5.02 Å². The van der Waals surface area contributed by atoms with Gasteiger partial charge in [-0.25, -0.2) is 14.3 Å². The molecule has 0 unspecified atom stereocenters. The maximum absolute atomic E-state index is 13.1. The van der Waals surface area contributed by atoms with Crippen LogP contribution in [0.15, 0.2) is 27.0 Å². The normalized spacial score (nSPS) is 10.8.